The molecule has 0 atom stereocenters. The number of carbonyl (C=O) groups is 2. The van der Waals surface area contributed by atoms with Crippen LogP contribution in [0.25, 0.3) is 17.4 Å². The number of benzene rings is 2. The Bertz CT molecular complexity index is 1420. The van der Waals surface area contributed by atoms with Crippen LogP contribution >= 0.6 is 12.2 Å². The Kier molecular flexibility index (Phi) is 7.65. The highest BCUT2D eigenvalue weighted by atomic mass is 32.1. The first-order valence-electron chi connectivity index (χ1n) is 12.2. The number of piperazine rings is 1. The van der Waals surface area contributed by atoms with Crippen molar-refractivity contribution in [3.05, 3.63) is 103 Å². The van der Waals surface area contributed by atoms with Crippen molar-refractivity contribution >= 4 is 46.6 Å². The third-order valence-corrected chi connectivity index (χ3v) is 6.31. The topological polar surface area (TPSA) is 91.0 Å². The van der Waals surface area contributed by atoms with Gasteiger partial charge in [0.05, 0.1) is 6.26 Å². The van der Waals surface area contributed by atoms with Gasteiger partial charge in [0.25, 0.3) is 5.91 Å². The zero-order valence-electron chi connectivity index (χ0n) is 20.5. The number of rotatable bonds is 6. The van der Waals surface area contributed by atoms with E-state index >= 15 is 0 Å². The van der Waals surface area contributed by atoms with E-state index in [1.807, 2.05) is 60.7 Å². The van der Waals surface area contributed by atoms with Gasteiger partial charge in [0.2, 0.25) is 5.91 Å². The summed E-state index contributed by atoms with van der Waals surface area (Å²) in [6, 6.07) is 24.6. The Labute approximate surface area is 225 Å². The first kappa shape index (κ1) is 25.0. The van der Waals surface area contributed by atoms with E-state index in [4.69, 9.17) is 21.1 Å². The van der Waals surface area contributed by atoms with Gasteiger partial charge in [-0.05, 0) is 66.8 Å². The lowest BCUT2D eigenvalue weighted by molar-refractivity contribution is -0.115. The minimum absolute atomic E-state index is 0.0827. The fourth-order valence-corrected chi connectivity index (χ4v) is 4.37. The summed E-state index contributed by atoms with van der Waals surface area (Å²) in [5.41, 5.74) is 2.77. The molecule has 38 heavy (non-hydrogen) atoms. The minimum atomic E-state index is -0.362. The zero-order chi connectivity index (χ0) is 26.3. The van der Waals surface area contributed by atoms with Gasteiger partial charge in [0, 0.05) is 49.2 Å². The van der Waals surface area contributed by atoms with E-state index in [2.05, 4.69) is 15.5 Å². The molecule has 0 spiro atoms. The molecule has 1 fully saturated rings. The molecule has 9 heteroatoms. The van der Waals surface area contributed by atoms with E-state index in [1.165, 1.54) is 12.3 Å². The molecule has 0 saturated carbocycles. The van der Waals surface area contributed by atoms with E-state index in [9.17, 15) is 9.59 Å². The predicted octanol–water partition coefficient (Wildman–Crippen LogP) is 5.03. The van der Waals surface area contributed by atoms with Crippen LogP contribution in [0.1, 0.15) is 16.3 Å². The number of amides is 2. The molecule has 2 N–H and O–H groups in total. The molecule has 2 aromatic carbocycles. The second-order valence-electron chi connectivity index (χ2n) is 8.65. The van der Waals surface area contributed by atoms with Gasteiger partial charge < -0.3 is 24.0 Å². The maximum atomic E-state index is 12.4. The molecule has 0 radical (unpaired) electrons. The van der Waals surface area contributed by atoms with Gasteiger partial charge in [0.1, 0.15) is 11.5 Å². The quantitative estimate of drug-likeness (QED) is 0.269. The van der Waals surface area contributed by atoms with Crippen LogP contribution < -0.4 is 15.5 Å². The molecule has 0 unspecified atom stereocenters. The second-order valence-corrected chi connectivity index (χ2v) is 9.06. The summed E-state index contributed by atoms with van der Waals surface area (Å²) in [6.07, 6.45) is 4.48. The predicted molar refractivity (Wildman–Crippen MR) is 151 cm³/mol. The number of furan rings is 2. The monoisotopic (exact) mass is 526 g/mol. The highest BCUT2D eigenvalue weighted by Gasteiger charge is 2.23. The van der Waals surface area contributed by atoms with Crippen molar-refractivity contribution in [1.29, 1.82) is 0 Å². The summed E-state index contributed by atoms with van der Waals surface area (Å²) in [5.74, 6) is 1.22. The van der Waals surface area contributed by atoms with Crippen LogP contribution in [0.15, 0.2) is 100 Å². The molecule has 4 aromatic rings. The van der Waals surface area contributed by atoms with Gasteiger partial charge in [-0.2, -0.15) is 0 Å². The first-order chi connectivity index (χ1) is 18.5. The Morgan fingerprint density at radius 1 is 0.868 bits per heavy atom. The van der Waals surface area contributed by atoms with E-state index in [-0.39, 0.29) is 16.9 Å². The van der Waals surface area contributed by atoms with Crippen LogP contribution in [-0.4, -0.2) is 48.0 Å². The molecule has 5 rings (SSSR count). The fraction of sp³-hybridized carbons (Fsp3) is 0.138. The van der Waals surface area contributed by atoms with Gasteiger partial charge in [-0.1, -0.05) is 30.3 Å². The minimum Gasteiger partial charge on any atom is -0.459 e. The van der Waals surface area contributed by atoms with Gasteiger partial charge in [-0.3, -0.25) is 14.9 Å². The van der Waals surface area contributed by atoms with Crippen LogP contribution in [0.5, 0.6) is 0 Å². The van der Waals surface area contributed by atoms with Crippen LogP contribution in [0.3, 0.4) is 0 Å². The average molecular weight is 527 g/mol. The van der Waals surface area contributed by atoms with Crippen LogP contribution in [0, 0.1) is 0 Å². The smallest absolute Gasteiger partial charge is 0.289 e. The van der Waals surface area contributed by atoms with Crippen molar-refractivity contribution in [1.82, 2.24) is 10.2 Å². The molecule has 3 heterocycles. The molecule has 2 aromatic heterocycles. The van der Waals surface area contributed by atoms with E-state index < -0.39 is 0 Å². The number of nitrogens with one attached hydrogen (secondary N) is 2. The molecule has 2 amide bonds. The van der Waals surface area contributed by atoms with E-state index in [0.717, 1.165) is 35.8 Å². The number of hydrogen-bond acceptors (Lipinski definition) is 6. The molecule has 8 nitrogen and oxygen atoms in total. The molecular weight excluding hydrogens is 500 g/mol. The van der Waals surface area contributed by atoms with Crippen LogP contribution in [0.4, 0.5) is 11.4 Å². The molecule has 1 aliphatic heterocycles. The summed E-state index contributed by atoms with van der Waals surface area (Å²) in [4.78, 5) is 28.8. The lowest BCUT2D eigenvalue weighted by Gasteiger charge is -2.35. The summed E-state index contributed by atoms with van der Waals surface area (Å²) >= 11 is 5.28. The summed E-state index contributed by atoms with van der Waals surface area (Å²) in [6.45, 7) is 2.69. The van der Waals surface area contributed by atoms with Crippen molar-refractivity contribution in [2.75, 3.05) is 36.4 Å². The molecule has 1 aliphatic rings. The highest BCUT2D eigenvalue weighted by Crippen LogP contribution is 2.23. The Balaban J connectivity index is 1.08. The number of nitrogens with zero attached hydrogens (tertiary/aromatic N) is 2. The third-order valence-electron chi connectivity index (χ3n) is 6.11. The second kappa shape index (κ2) is 11.6. The molecule has 192 valence electrons. The largest absolute Gasteiger partial charge is 0.459 e. The molecular formula is C29H26N4O4S. The lowest BCUT2D eigenvalue weighted by atomic mass is 10.2. The first-order valence-corrected chi connectivity index (χ1v) is 12.6. The Hall–Kier alpha value is -4.63. The summed E-state index contributed by atoms with van der Waals surface area (Å²) in [5, 5.41) is 5.86. The number of carbonyl (C=O) groups excluding carboxylic acids is 2. The summed E-state index contributed by atoms with van der Waals surface area (Å²) < 4.78 is 11.0. The molecule has 0 aliphatic carbocycles. The van der Waals surface area contributed by atoms with E-state index in [1.54, 1.807) is 29.2 Å². The summed E-state index contributed by atoms with van der Waals surface area (Å²) in [7, 11) is 0. The Morgan fingerprint density at radius 2 is 1.63 bits per heavy atom. The van der Waals surface area contributed by atoms with Crippen molar-refractivity contribution in [3.8, 4) is 11.3 Å². The third kappa shape index (κ3) is 6.19. The maximum Gasteiger partial charge on any atom is 0.289 e. The standard InChI is InChI=1S/C29H26N4O4S/c34-27(15-13-24-12-14-25(37-24)21-5-2-1-3-6-21)31-29(38)30-22-8-10-23(11-9-22)32-16-18-33(19-17-32)28(35)26-7-4-20-36-26/h1-15,20H,16-19H2,(H2,30,31,34,38)/b15-13+. The highest BCUT2D eigenvalue weighted by molar-refractivity contribution is 7.80. The van der Waals surface area contributed by atoms with Crippen molar-refractivity contribution in [2.45, 2.75) is 0 Å². The van der Waals surface area contributed by atoms with Gasteiger partial charge in [-0.15, -0.1) is 0 Å². The number of hydrogen-bond donors (Lipinski definition) is 2. The van der Waals surface area contributed by atoms with Gasteiger partial charge in [0.15, 0.2) is 10.9 Å². The van der Waals surface area contributed by atoms with Crippen molar-refractivity contribution < 1.29 is 18.4 Å². The van der Waals surface area contributed by atoms with Gasteiger partial charge >= 0.3 is 0 Å². The molecule has 0 bridgehead atoms. The van der Waals surface area contributed by atoms with Crippen LogP contribution in [-0.2, 0) is 4.79 Å². The maximum absolute atomic E-state index is 12.4. The Morgan fingerprint density at radius 3 is 2.34 bits per heavy atom. The number of anilines is 2. The molecule has 1 saturated heterocycles. The average Bonchev–Trinajstić information content (AvgIpc) is 3.66. The van der Waals surface area contributed by atoms with E-state index in [0.29, 0.717) is 24.6 Å². The fourth-order valence-electron chi connectivity index (χ4n) is 4.15. The van der Waals surface area contributed by atoms with Crippen molar-refractivity contribution in [3.63, 3.8) is 0 Å². The number of thiocarbonyl (C=S) groups is 1. The zero-order valence-corrected chi connectivity index (χ0v) is 21.3. The normalized spacial score (nSPS) is 13.5. The van der Waals surface area contributed by atoms with Gasteiger partial charge in [-0.25, -0.2) is 0 Å². The lowest BCUT2D eigenvalue weighted by Crippen LogP contribution is -2.48. The SMILES string of the molecule is O=C(/C=C/c1ccc(-c2ccccc2)o1)NC(=S)Nc1ccc(N2CCN(C(=O)c3ccco3)CC2)cc1. The van der Waals surface area contributed by atoms with Crippen molar-refractivity contribution in [2.24, 2.45) is 0 Å². The van der Waals surface area contributed by atoms with Crippen LogP contribution in [0.2, 0.25) is 0 Å².